The Balaban J connectivity index is 1.60. The normalized spacial score (nSPS) is 19.2. The van der Waals surface area contributed by atoms with E-state index in [1.807, 2.05) is 6.07 Å². The number of hydrogen-bond donors (Lipinski definition) is 1. The number of imide groups is 1. The Hall–Kier alpha value is -2.99. The second-order valence-corrected chi connectivity index (χ2v) is 6.03. The molecule has 25 heavy (non-hydrogen) atoms. The number of carbonyl (C=O) groups is 3. The fourth-order valence-corrected chi connectivity index (χ4v) is 3.14. The zero-order valence-electron chi connectivity index (χ0n) is 13.4. The van der Waals surface area contributed by atoms with Crippen molar-refractivity contribution in [3.63, 3.8) is 0 Å². The van der Waals surface area contributed by atoms with Gasteiger partial charge in [0.05, 0.1) is 16.8 Å². The highest BCUT2D eigenvalue weighted by Gasteiger charge is 2.37. The largest absolute Gasteiger partial charge is 0.368 e. The molecule has 2 aliphatic rings. The highest BCUT2D eigenvalue weighted by Crippen LogP contribution is 2.30. The molecule has 6 nitrogen and oxygen atoms in total. The monoisotopic (exact) mass is 336 g/mol. The molecular formula is C19H16N2O4. The Bertz CT molecular complexity index is 857. The minimum absolute atomic E-state index is 0.228. The van der Waals surface area contributed by atoms with Gasteiger partial charge in [0.15, 0.2) is 0 Å². The lowest BCUT2D eigenvalue weighted by atomic mass is 10.1. The molecule has 6 heteroatoms. The first kappa shape index (κ1) is 15.5. The second-order valence-electron chi connectivity index (χ2n) is 6.03. The summed E-state index contributed by atoms with van der Waals surface area (Å²) < 4.78 is 5.35. The van der Waals surface area contributed by atoms with Gasteiger partial charge in [0.2, 0.25) is 0 Å². The van der Waals surface area contributed by atoms with Crippen molar-refractivity contribution in [1.29, 1.82) is 0 Å². The van der Waals surface area contributed by atoms with Gasteiger partial charge < -0.3 is 10.1 Å². The molecule has 0 bridgehead atoms. The Morgan fingerprint density at radius 1 is 1.04 bits per heavy atom. The summed E-state index contributed by atoms with van der Waals surface area (Å²) in [6.07, 6.45) is 1.10. The van der Waals surface area contributed by atoms with Gasteiger partial charge in [0.25, 0.3) is 17.7 Å². The summed E-state index contributed by atoms with van der Waals surface area (Å²) in [7, 11) is 0. The van der Waals surface area contributed by atoms with Crippen molar-refractivity contribution in [1.82, 2.24) is 0 Å². The van der Waals surface area contributed by atoms with Crippen LogP contribution in [-0.4, -0.2) is 30.4 Å². The number of carbonyl (C=O) groups excluding carboxylic acids is 3. The van der Waals surface area contributed by atoms with Crippen molar-refractivity contribution in [2.24, 2.45) is 0 Å². The Kier molecular flexibility index (Phi) is 3.82. The Labute approximate surface area is 144 Å². The third kappa shape index (κ3) is 2.70. The summed E-state index contributed by atoms with van der Waals surface area (Å²) >= 11 is 0. The summed E-state index contributed by atoms with van der Waals surface area (Å²) in [6.45, 7) is 0.585. The average molecular weight is 336 g/mol. The molecule has 0 saturated carbocycles. The third-order valence-electron chi connectivity index (χ3n) is 4.39. The van der Waals surface area contributed by atoms with E-state index in [9.17, 15) is 14.4 Å². The quantitative estimate of drug-likeness (QED) is 0.874. The number of rotatable bonds is 3. The van der Waals surface area contributed by atoms with Crippen molar-refractivity contribution >= 4 is 29.1 Å². The number of fused-ring (bicyclic) bond motifs is 1. The first-order valence-electron chi connectivity index (χ1n) is 8.15. The summed E-state index contributed by atoms with van der Waals surface area (Å²) in [5.41, 5.74) is 1.64. The molecular weight excluding hydrogens is 320 g/mol. The highest BCUT2D eigenvalue weighted by atomic mass is 16.5. The van der Waals surface area contributed by atoms with Crippen LogP contribution in [0.15, 0.2) is 48.5 Å². The topological polar surface area (TPSA) is 75.7 Å². The molecule has 2 aliphatic heterocycles. The van der Waals surface area contributed by atoms with Crippen LogP contribution >= 0.6 is 0 Å². The average Bonchev–Trinajstić information content (AvgIpc) is 3.24. The van der Waals surface area contributed by atoms with Gasteiger partial charge in [-0.3, -0.25) is 14.4 Å². The van der Waals surface area contributed by atoms with E-state index in [2.05, 4.69) is 5.32 Å². The number of para-hydroxylation sites is 1. The lowest BCUT2D eigenvalue weighted by molar-refractivity contribution is -0.124. The molecule has 4 rings (SSSR count). The van der Waals surface area contributed by atoms with Crippen molar-refractivity contribution in [2.75, 3.05) is 16.8 Å². The standard InChI is InChI=1S/C19H16N2O4/c22-17(16-7-4-10-25-16)20-12-8-9-14-15(11-12)19(24)21(18(14)23)13-5-2-1-3-6-13/h1-3,5-6,8-9,11,16H,4,7,10H2,(H,20,22)/t16-/m0/s1. The van der Waals surface area contributed by atoms with Crippen molar-refractivity contribution < 1.29 is 19.1 Å². The summed E-state index contributed by atoms with van der Waals surface area (Å²) in [4.78, 5) is 38.5. The van der Waals surface area contributed by atoms with Crippen LogP contribution in [-0.2, 0) is 9.53 Å². The third-order valence-corrected chi connectivity index (χ3v) is 4.39. The van der Waals surface area contributed by atoms with E-state index >= 15 is 0 Å². The second kappa shape index (κ2) is 6.14. The number of benzene rings is 2. The van der Waals surface area contributed by atoms with Gasteiger partial charge in [-0.05, 0) is 43.2 Å². The summed E-state index contributed by atoms with van der Waals surface area (Å²) in [5.74, 6) is -0.975. The molecule has 0 spiro atoms. The maximum absolute atomic E-state index is 12.7. The Morgan fingerprint density at radius 2 is 1.80 bits per heavy atom. The molecule has 0 unspecified atom stereocenters. The van der Waals surface area contributed by atoms with Crippen LogP contribution in [0.25, 0.3) is 0 Å². The molecule has 3 amide bonds. The molecule has 1 N–H and O–H groups in total. The van der Waals surface area contributed by atoms with Gasteiger partial charge in [-0.25, -0.2) is 4.90 Å². The van der Waals surface area contributed by atoms with Crippen molar-refractivity contribution in [3.05, 3.63) is 59.7 Å². The molecule has 2 heterocycles. The van der Waals surface area contributed by atoms with Crippen LogP contribution in [0.2, 0.25) is 0 Å². The molecule has 0 aliphatic carbocycles. The van der Waals surface area contributed by atoms with Crippen LogP contribution < -0.4 is 10.2 Å². The number of nitrogens with zero attached hydrogens (tertiary/aromatic N) is 1. The van der Waals surface area contributed by atoms with Gasteiger partial charge in [-0.1, -0.05) is 18.2 Å². The van der Waals surface area contributed by atoms with Crippen LogP contribution in [0, 0.1) is 0 Å². The molecule has 1 fully saturated rings. The number of nitrogens with one attached hydrogen (secondary N) is 1. The predicted molar refractivity (Wildman–Crippen MR) is 91.6 cm³/mol. The van der Waals surface area contributed by atoms with E-state index in [1.165, 1.54) is 0 Å². The maximum Gasteiger partial charge on any atom is 0.266 e. The van der Waals surface area contributed by atoms with Crippen LogP contribution in [0.5, 0.6) is 0 Å². The fourth-order valence-electron chi connectivity index (χ4n) is 3.14. The fraction of sp³-hybridized carbons (Fsp3) is 0.211. The number of ether oxygens (including phenoxy) is 1. The first-order chi connectivity index (χ1) is 12.1. The highest BCUT2D eigenvalue weighted by molar-refractivity contribution is 6.34. The minimum Gasteiger partial charge on any atom is -0.368 e. The molecule has 2 aromatic rings. The van der Waals surface area contributed by atoms with Crippen LogP contribution in [0.3, 0.4) is 0 Å². The molecule has 1 atom stereocenters. The van der Waals surface area contributed by atoms with E-state index in [0.29, 0.717) is 35.5 Å². The van der Waals surface area contributed by atoms with E-state index in [-0.39, 0.29) is 17.7 Å². The van der Waals surface area contributed by atoms with Crippen molar-refractivity contribution in [2.45, 2.75) is 18.9 Å². The number of hydrogen-bond acceptors (Lipinski definition) is 4. The molecule has 126 valence electrons. The minimum atomic E-state index is -0.452. The van der Waals surface area contributed by atoms with E-state index in [1.54, 1.807) is 42.5 Å². The van der Waals surface area contributed by atoms with Gasteiger partial charge in [-0.15, -0.1) is 0 Å². The van der Waals surface area contributed by atoms with Gasteiger partial charge in [0.1, 0.15) is 6.10 Å². The predicted octanol–water partition coefficient (Wildman–Crippen LogP) is 2.60. The Morgan fingerprint density at radius 3 is 2.52 bits per heavy atom. The van der Waals surface area contributed by atoms with Crippen LogP contribution in [0.4, 0.5) is 11.4 Å². The number of anilines is 2. The molecule has 2 aromatic carbocycles. The molecule has 0 radical (unpaired) electrons. The SMILES string of the molecule is O=C(Nc1ccc2c(c1)C(=O)N(c1ccccc1)C2=O)[C@@H]1CCCO1. The smallest absolute Gasteiger partial charge is 0.266 e. The summed E-state index contributed by atoms with van der Waals surface area (Å²) in [6, 6.07) is 13.5. The van der Waals surface area contributed by atoms with E-state index in [0.717, 1.165) is 11.3 Å². The molecule has 0 aromatic heterocycles. The first-order valence-corrected chi connectivity index (χ1v) is 8.15. The maximum atomic E-state index is 12.7. The number of amides is 3. The zero-order valence-corrected chi connectivity index (χ0v) is 13.4. The lowest BCUT2D eigenvalue weighted by Gasteiger charge is -2.13. The zero-order chi connectivity index (χ0) is 17.4. The molecule has 1 saturated heterocycles. The van der Waals surface area contributed by atoms with Crippen LogP contribution in [0.1, 0.15) is 33.6 Å². The van der Waals surface area contributed by atoms with Gasteiger partial charge in [-0.2, -0.15) is 0 Å². The van der Waals surface area contributed by atoms with E-state index < -0.39 is 6.10 Å². The van der Waals surface area contributed by atoms with E-state index in [4.69, 9.17) is 4.74 Å². The van der Waals surface area contributed by atoms with Gasteiger partial charge in [0, 0.05) is 12.3 Å². The van der Waals surface area contributed by atoms with Crippen molar-refractivity contribution in [3.8, 4) is 0 Å². The summed E-state index contributed by atoms with van der Waals surface area (Å²) in [5, 5.41) is 2.76. The van der Waals surface area contributed by atoms with Gasteiger partial charge >= 0.3 is 0 Å². The lowest BCUT2D eigenvalue weighted by Crippen LogP contribution is -2.29.